The summed E-state index contributed by atoms with van der Waals surface area (Å²) in [6, 6.07) is 0.740. The molecule has 3 atom stereocenters. The molecule has 2 nitrogen and oxygen atoms in total. The van der Waals surface area contributed by atoms with Gasteiger partial charge in [0.25, 0.3) is 0 Å². The topological polar surface area (TPSA) is 32.3 Å². The van der Waals surface area contributed by atoms with E-state index in [2.05, 4.69) is 17.1 Å². The van der Waals surface area contributed by atoms with Gasteiger partial charge in [-0.1, -0.05) is 6.42 Å². The van der Waals surface area contributed by atoms with Crippen LogP contribution in [0.3, 0.4) is 0 Å². The molecule has 1 aliphatic heterocycles. The van der Waals surface area contributed by atoms with E-state index in [1.165, 1.54) is 43.6 Å². The molecule has 0 bridgehead atoms. The fraction of sp³-hybridized carbons (Fsp3) is 1.00. The summed E-state index contributed by atoms with van der Waals surface area (Å²) >= 11 is 2.08. The summed E-state index contributed by atoms with van der Waals surface area (Å²) in [5, 5.41) is 12.9. The number of rotatable bonds is 4. The molecular formula is C12H23NOS. The Morgan fingerprint density at radius 2 is 2.00 bits per heavy atom. The average Bonchev–Trinajstić information content (AvgIpc) is 2.75. The fourth-order valence-corrected chi connectivity index (χ4v) is 3.95. The Labute approximate surface area is 97.2 Å². The van der Waals surface area contributed by atoms with Gasteiger partial charge in [0.1, 0.15) is 0 Å². The van der Waals surface area contributed by atoms with Crippen LogP contribution in [-0.4, -0.2) is 35.8 Å². The van der Waals surface area contributed by atoms with Gasteiger partial charge in [0, 0.05) is 18.4 Å². The lowest BCUT2D eigenvalue weighted by Gasteiger charge is -2.26. The Bertz CT molecular complexity index is 182. The maximum absolute atomic E-state index is 9.24. The van der Waals surface area contributed by atoms with Gasteiger partial charge in [0.15, 0.2) is 0 Å². The van der Waals surface area contributed by atoms with E-state index < -0.39 is 0 Å². The van der Waals surface area contributed by atoms with E-state index in [9.17, 15) is 5.11 Å². The van der Waals surface area contributed by atoms with Crippen LogP contribution in [0.15, 0.2) is 0 Å². The van der Waals surface area contributed by atoms with Crippen molar-refractivity contribution >= 4 is 11.8 Å². The maximum atomic E-state index is 9.24. The monoisotopic (exact) mass is 229 g/mol. The maximum Gasteiger partial charge on any atom is 0.0462 e. The summed E-state index contributed by atoms with van der Waals surface area (Å²) in [4.78, 5) is 0. The third kappa shape index (κ3) is 3.36. The van der Waals surface area contributed by atoms with Crippen LogP contribution in [-0.2, 0) is 0 Å². The van der Waals surface area contributed by atoms with Crippen molar-refractivity contribution in [3.8, 4) is 0 Å². The molecule has 0 aromatic rings. The highest BCUT2D eigenvalue weighted by Gasteiger charge is 2.27. The van der Waals surface area contributed by atoms with Gasteiger partial charge in [-0.2, -0.15) is 11.8 Å². The largest absolute Gasteiger partial charge is 0.396 e. The third-order valence-corrected chi connectivity index (χ3v) is 5.10. The zero-order valence-corrected chi connectivity index (χ0v) is 10.3. The Morgan fingerprint density at radius 1 is 1.13 bits per heavy atom. The number of thioether (sulfide) groups is 1. The molecule has 2 N–H and O–H groups in total. The normalized spacial score (nSPS) is 37.0. The molecule has 3 heteroatoms. The predicted molar refractivity (Wildman–Crippen MR) is 66.3 cm³/mol. The van der Waals surface area contributed by atoms with Gasteiger partial charge in [-0.05, 0) is 49.8 Å². The lowest BCUT2D eigenvalue weighted by atomic mass is 9.96. The molecule has 2 rings (SSSR count). The molecule has 1 heterocycles. The number of aliphatic hydroxyl groups is 1. The summed E-state index contributed by atoms with van der Waals surface area (Å²) in [6.07, 6.45) is 6.59. The Hall–Kier alpha value is 0.270. The van der Waals surface area contributed by atoms with Crippen molar-refractivity contribution in [1.82, 2.24) is 5.32 Å². The fourth-order valence-electron chi connectivity index (χ4n) is 2.84. The summed E-state index contributed by atoms with van der Waals surface area (Å²) in [6.45, 7) is 1.53. The molecule has 0 spiro atoms. The van der Waals surface area contributed by atoms with Crippen molar-refractivity contribution in [3.05, 3.63) is 0 Å². The van der Waals surface area contributed by atoms with Crippen LogP contribution in [0.25, 0.3) is 0 Å². The first kappa shape index (κ1) is 11.7. The Morgan fingerprint density at radius 3 is 2.73 bits per heavy atom. The molecule has 0 amide bonds. The molecule has 0 radical (unpaired) electrons. The van der Waals surface area contributed by atoms with Crippen LogP contribution < -0.4 is 5.32 Å². The average molecular weight is 229 g/mol. The van der Waals surface area contributed by atoms with Crippen molar-refractivity contribution in [1.29, 1.82) is 0 Å². The first-order valence-corrected chi connectivity index (χ1v) is 7.47. The highest BCUT2D eigenvalue weighted by molar-refractivity contribution is 7.99. The summed E-state index contributed by atoms with van der Waals surface area (Å²) in [5.74, 6) is 3.95. The van der Waals surface area contributed by atoms with E-state index in [4.69, 9.17) is 0 Å². The molecule has 3 unspecified atom stereocenters. The lowest BCUT2D eigenvalue weighted by Crippen LogP contribution is -2.38. The van der Waals surface area contributed by atoms with E-state index in [1.54, 1.807) is 0 Å². The van der Waals surface area contributed by atoms with Crippen LogP contribution >= 0.6 is 11.8 Å². The van der Waals surface area contributed by atoms with Crippen LogP contribution in [0.4, 0.5) is 0 Å². The molecule has 88 valence electrons. The van der Waals surface area contributed by atoms with Crippen LogP contribution in [0.1, 0.15) is 32.1 Å². The van der Waals surface area contributed by atoms with E-state index in [0.29, 0.717) is 12.5 Å². The molecule has 1 aliphatic carbocycles. The minimum absolute atomic E-state index is 0.395. The zero-order chi connectivity index (χ0) is 10.5. The Kier molecular flexibility index (Phi) is 4.79. The smallest absolute Gasteiger partial charge is 0.0462 e. The van der Waals surface area contributed by atoms with Gasteiger partial charge in [-0.3, -0.25) is 0 Å². The van der Waals surface area contributed by atoms with Gasteiger partial charge in [-0.15, -0.1) is 0 Å². The van der Waals surface area contributed by atoms with Crippen molar-refractivity contribution in [2.45, 2.75) is 38.1 Å². The minimum atomic E-state index is 0.395. The van der Waals surface area contributed by atoms with Gasteiger partial charge in [0.05, 0.1) is 0 Å². The molecule has 2 fully saturated rings. The van der Waals surface area contributed by atoms with Crippen LogP contribution in [0, 0.1) is 11.8 Å². The van der Waals surface area contributed by atoms with Gasteiger partial charge in [0.2, 0.25) is 0 Å². The van der Waals surface area contributed by atoms with Crippen LogP contribution in [0.5, 0.6) is 0 Å². The summed E-state index contributed by atoms with van der Waals surface area (Å²) in [5.41, 5.74) is 0. The third-order valence-electron chi connectivity index (χ3n) is 3.88. The molecule has 15 heavy (non-hydrogen) atoms. The molecule has 2 aliphatic rings. The van der Waals surface area contributed by atoms with E-state index in [1.807, 2.05) is 0 Å². The molecule has 1 saturated carbocycles. The van der Waals surface area contributed by atoms with E-state index >= 15 is 0 Å². The highest BCUT2D eigenvalue weighted by atomic mass is 32.2. The molecule has 0 aromatic carbocycles. The van der Waals surface area contributed by atoms with Crippen molar-refractivity contribution in [2.75, 3.05) is 24.7 Å². The second-order valence-electron chi connectivity index (χ2n) is 4.96. The highest BCUT2D eigenvalue weighted by Crippen LogP contribution is 2.31. The number of hydrogen-bond donors (Lipinski definition) is 2. The summed E-state index contributed by atoms with van der Waals surface area (Å²) < 4.78 is 0. The van der Waals surface area contributed by atoms with E-state index in [-0.39, 0.29) is 0 Å². The van der Waals surface area contributed by atoms with Crippen molar-refractivity contribution in [2.24, 2.45) is 11.8 Å². The van der Waals surface area contributed by atoms with Gasteiger partial charge >= 0.3 is 0 Å². The number of aliphatic hydroxyl groups excluding tert-OH is 1. The lowest BCUT2D eigenvalue weighted by molar-refractivity contribution is 0.190. The van der Waals surface area contributed by atoms with Gasteiger partial charge < -0.3 is 10.4 Å². The SMILES string of the molecule is OCC1CCCC1CNC1CCCSC1. The number of hydrogen-bond acceptors (Lipinski definition) is 3. The van der Waals surface area contributed by atoms with Crippen molar-refractivity contribution < 1.29 is 5.11 Å². The Balaban J connectivity index is 1.67. The predicted octanol–water partition coefficient (Wildman–Crippen LogP) is 1.88. The summed E-state index contributed by atoms with van der Waals surface area (Å²) in [7, 11) is 0. The first-order chi connectivity index (χ1) is 7.40. The molecule has 1 saturated heterocycles. The minimum Gasteiger partial charge on any atom is -0.396 e. The van der Waals surface area contributed by atoms with E-state index in [0.717, 1.165) is 18.5 Å². The molecule has 0 aromatic heterocycles. The molecular weight excluding hydrogens is 206 g/mol. The number of nitrogens with one attached hydrogen (secondary N) is 1. The first-order valence-electron chi connectivity index (χ1n) is 6.32. The second-order valence-corrected chi connectivity index (χ2v) is 6.11. The standard InChI is InChI=1S/C12H23NOS/c14-8-11-4-1-3-10(11)7-13-12-5-2-6-15-9-12/h10-14H,1-9H2. The second kappa shape index (κ2) is 6.12. The van der Waals surface area contributed by atoms with Crippen LogP contribution in [0.2, 0.25) is 0 Å². The quantitative estimate of drug-likeness (QED) is 0.772. The van der Waals surface area contributed by atoms with Gasteiger partial charge in [-0.25, -0.2) is 0 Å². The van der Waals surface area contributed by atoms with Crippen molar-refractivity contribution in [3.63, 3.8) is 0 Å². The zero-order valence-electron chi connectivity index (χ0n) is 9.45.